The number of aromatic nitrogens is 3. The van der Waals surface area contributed by atoms with Gasteiger partial charge in [-0.15, -0.1) is 11.3 Å². The van der Waals surface area contributed by atoms with Gasteiger partial charge in [-0.2, -0.15) is 0 Å². The number of fused-ring (bicyclic) bond motifs is 4. The van der Waals surface area contributed by atoms with Crippen LogP contribution in [0.2, 0.25) is 0 Å². The van der Waals surface area contributed by atoms with E-state index < -0.39 is 0 Å². The van der Waals surface area contributed by atoms with E-state index in [-0.39, 0.29) is 0 Å². The molecule has 8 rings (SSSR count). The van der Waals surface area contributed by atoms with Gasteiger partial charge in [-0.25, -0.2) is 15.0 Å². The molecule has 0 N–H and O–H groups in total. The van der Waals surface area contributed by atoms with Crippen molar-refractivity contribution in [2.45, 2.75) is 0 Å². The molecule has 0 spiro atoms. The van der Waals surface area contributed by atoms with Gasteiger partial charge >= 0.3 is 0 Å². The topological polar surface area (TPSA) is 38.7 Å². The fourth-order valence-electron chi connectivity index (χ4n) is 5.57. The highest BCUT2D eigenvalue weighted by Gasteiger charge is 2.16. The lowest BCUT2D eigenvalue weighted by Gasteiger charge is -2.13. The van der Waals surface area contributed by atoms with Gasteiger partial charge in [0.1, 0.15) is 0 Å². The Morgan fingerprint density at radius 3 is 1.63 bits per heavy atom. The van der Waals surface area contributed by atoms with E-state index in [1.807, 2.05) is 24.3 Å². The number of rotatable bonds is 4. The molecule has 0 unspecified atom stereocenters. The summed E-state index contributed by atoms with van der Waals surface area (Å²) in [7, 11) is 0. The predicted octanol–water partition coefficient (Wildman–Crippen LogP) is 10.1. The number of hydrogen-bond donors (Lipinski definition) is 0. The van der Waals surface area contributed by atoms with Crippen molar-refractivity contribution in [2.75, 3.05) is 0 Å². The Kier molecular flexibility index (Phi) is 5.64. The van der Waals surface area contributed by atoms with Gasteiger partial charge in [-0.05, 0) is 40.1 Å². The van der Waals surface area contributed by atoms with Gasteiger partial charge in [0, 0.05) is 36.9 Å². The molecule has 0 atom stereocenters. The summed E-state index contributed by atoms with van der Waals surface area (Å²) in [6.07, 6.45) is 0. The van der Waals surface area contributed by atoms with Gasteiger partial charge in [-0.3, -0.25) is 0 Å². The Balaban J connectivity index is 1.35. The SMILES string of the molecule is c1ccc(-c2nc(-c3ccc4c(c3)sc3ccccc34)nc(-c3ccc(-c4ccccc4)c4ccccc34)n2)cc1. The molecule has 0 radical (unpaired) electrons. The number of benzene rings is 6. The van der Waals surface area contributed by atoms with Gasteiger partial charge < -0.3 is 0 Å². The van der Waals surface area contributed by atoms with Crippen LogP contribution in [0.25, 0.3) is 76.2 Å². The van der Waals surface area contributed by atoms with Crippen LogP contribution in [-0.4, -0.2) is 15.0 Å². The largest absolute Gasteiger partial charge is 0.208 e. The number of hydrogen-bond acceptors (Lipinski definition) is 4. The molecule has 2 heterocycles. The van der Waals surface area contributed by atoms with E-state index in [4.69, 9.17) is 15.0 Å². The van der Waals surface area contributed by atoms with E-state index in [9.17, 15) is 0 Å². The summed E-state index contributed by atoms with van der Waals surface area (Å²) in [4.78, 5) is 15.1. The van der Waals surface area contributed by atoms with E-state index >= 15 is 0 Å². The normalized spacial score (nSPS) is 11.4. The van der Waals surface area contributed by atoms with Crippen LogP contribution in [0.3, 0.4) is 0 Å². The van der Waals surface area contributed by atoms with Crippen molar-refractivity contribution in [2.24, 2.45) is 0 Å². The molecule has 0 aliphatic carbocycles. The molecule has 0 aliphatic rings. The molecule has 0 saturated heterocycles. The van der Waals surface area contributed by atoms with Crippen molar-refractivity contribution >= 4 is 42.3 Å². The first kappa shape index (κ1) is 23.7. The maximum absolute atomic E-state index is 5.10. The summed E-state index contributed by atoms with van der Waals surface area (Å²) in [6.45, 7) is 0. The molecule has 41 heavy (non-hydrogen) atoms. The molecular weight excluding hydrogens is 518 g/mol. The van der Waals surface area contributed by atoms with Crippen molar-refractivity contribution in [1.29, 1.82) is 0 Å². The fourth-order valence-corrected chi connectivity index (χ4v) is 6.72. The first-order valence-corrected chi connectivity index (χ1v) is 14.4. The van der Waals surface area contributed by atoms with Gasteiger partial charge in [-0.1, -0.05) is 121 Å². The van der Waals surface area contributed by atoms with E-state index in [1.165, 1.54) is 36.7 Å². The Morgan fingerprint density at radius 2 is 0.878 bits per heavy atom. The number of thiophene rings is 1. The molecule has 0 bridgehead atoms. The van der Waals surface area contributed by atoms with Crippen LogP contribution in [0.5, 0.6) is 0 Å². The third-order valence-corrected chi connectivity index (χ3v) is 8.69. The Morgan fingerprint density at radius 1 is 0.341 bits per heavy atom. The van der Waals surface area contributed by atoms with Gasteiger partial charge in [0.25, 0.3) is 0 Å². The van der Waals surface area contributed by atoms with E-state index in [0.29, 0.717) is 17.5 Å². The Bertz CT molecular complexity index is 2200. The molecule has 0 amide bonds. The molecule has 0 saturated carbocycles. The molecule has 6 aromatic carbocycles. The molecule has 0 fully saturated rings. The van der Waals surface area contributed by atoms with E-state index in [1.54, 1.807) is 11.3 Å². The quantitative estimate of drug-likeness (QED) is 0.222. The summed E-state index contributed by atoms with van der Waals surface area (Å²) in [5.41, 5.74) is 5.32. The Hall–Kier alpha value is -5.19. The summed E-state index contributed by atoms with van der Waals surface area (Å²) in [5.74, 6) is 2.00. The van der Waals surface area contributed by atoms with Crippen molar-refractivity contribution in [3.05, 3.63) is 140 Å². The lowest BCUT2D eigenvalue weighted by atomic mass is 9.94. The third-order valence-electron chi connectivity index (χ3n) is 7.55. The Labute approximate surface area is 241 Å². The van der Waals surface area contributed by atoms with Gasteiger partial charge in [0.15, 0.2) is 17.5 Å². The molecule has 8 aromatic rings. The van der Waals surface area contributed by atoms with Crippen LogP contribution in [0, 0.1) is 0 Å². The monoisotopic (exact) mass is 541 g/mol. The average Bonchev–Trinajstić information content (AvgIpc) is 3.43. The molecule has 192 valence electrons. The average molecular weight is 542 g/mol. The van der Waals surface area contributed by atoms with Crippen LogP contribution in [0.15, 0.2) is 140 Å². The zero-order valence-corrected chi connectivity index (χ0v) is 22.8. The van der Waals surface area contributed by atoms with Crippen LogP contribution in [-0.2, 0) is 0 Å². The van der Waals surface area contributed by atoms with E-state index in [0.717, 1.165) is 22.1 Å². The second kappa shape index (κ2) is 9.77. The smallest absolute Gasteiger partial charge is 0.164 e. The standard InChI is InChI=1S/C37H23N3S/c1-3-11-24(12-4-1)27-21-22-32(29-16-8-7-15-28(27)29)37-39-35(25-13-5-2-6-14-25)38-36(40-37)26-19-20-31-30-17-9-10-18-33(30)41-34(31)23-26/h1-23H. The van der Waals surface area contributed by atoms with Crippen molar-refractivity contribution < 1.29 is 0 Å². The van der Waals surface area contributed by atoms with E-state index in [2.05, 4.69) is 115 Å². The zero-order valence-electron chi connectivity index (χ0n) is 22.0. The summed E-state index contributed by atoms with van der Waals surface area (Å²) < 4.78 is 2.51. The summed E-state index contributed by atoms with van der Waals surface area (Å²) >= 11 is 1.80. The van der Waals surface area contributed by atoms with Gasteiger partial charge in [0.05, 0.1) is 0 Å². The molecule has 2 aromatic heterocycles. The number of nitrogens with zero attached hydrogens (tertiary/aromatic N) is 3. The second-order valence-electron chi connectivity index (χ2n) is 10.1. The van der Waals surface area contributed by atoms with Crippen LogP contribution >= 0.6 is 11.3 Å². The predicted molar refractivity (Wildman–Crippen MR) is 172 cm³/mol. The minimum absolute atomic E-state index is 0.665. The lowest BCUT2D eigenvalue weighted by molar-refractivity contribution is 1.08. The summed E-state index contributed by atoms with van der Waals surface area (Å²) in [5, 5.41) is 4.83. The maximum atomic E-state index is 5.10. The van der Waals surface area contributed by atoms with Gasteiger partial charge in [0.2, 0.25) is 0 Å². The minimum Gasteiger partial charge on any atom is -0.208 e. The molecule has 0 aliphatic heterocycles. The minimum atomic E-state index is 0.665. The summed E-state index contributed by atoms with van der Waals surface area (Å²) in [6, 6.07) is 48.6. The molecule has 4 heteroatoms. The van der Waals surface area contributed by atoms with Crippen LogP contribution in [0.4, 0.5) is 0 Å². The van der Waals surface area contributed by atoms with Crippen molar-refractivity contribution in [1.82, 2.24) is 15.0 Å². The first-order chi connectivity index (χ1) is 20.3. The first-order valence-electron chi connectivity index (χ1n) is 13.6. The van der Waals surface area contributed by atoms with Crippen LogP contribution < -0.4 is 0 Å². The molecular formula is C37H23N3S. The molecule has 3 nitrogen and oxygen atoms in total. The maximum Gasteiger partial charge on any atom is 0.164 e. The highest BCUT2D eigenvalue weighted by Crippen LogP contribution is 2.38. The highest BCUT2D eigenvalue weighted by molar-refractivity contribution is 7.25. The van der Waals surface area contributed by atoms with Crippen LogP contribution in [0.1, 0.15) is 0 Å². The lowest BCUT2D eigenvalue weighted by Crippen LogP contribution is -2.00. The zero-order chi connectivity index (χ0) is 27.2. The fraction of sp³-hybridized carbons (Fsp3) is 0. The van der Waals surface area contributed by atoms with Crippen molar-refractivity contribution in [3.63, 3.8) is 0 Å². The third kappa shape index (κ3) is 4.17. The highest BCUT2D eigenvalue weighted by atomic mass is 32.1. The second-order valence-corrected chi connectivity index (χ2v) is 11.1. The van der Waals surface area contributed by atoms with Crippen molar-refractivity contribution in [3.8, 4) is 45.3 Å².